The van der Waals surface area contributed by atoms with Crippen LogP contribution in [-0.4, -0.2) is 32.0 Å². The highest BCUT2D eigenvalue weighted by atomic mass is 16.7. The van der Waals surface area contributed by atoms with Gasteiger partial charge in [0, 0.05) is 6.07 Å². The fourth-order valence-corrected chi connectivity index (χ4v) is 1.93. The summed E-state index contributed by atoms with van der Waals surface area (Å²) in [6.45, 7) is 2.35. The van der Waals surface area contributed by atoms with Gasteiger partial charge < -0.3 is 24.7 Å². The number of esters is 1. The molecule has 0 aliphatic carbocycles. The van der Waals surface area contributed by atoms with Crippen LogP contribution in [0.1, 0.15) is 19.8 Å². The van der Waals surface area contributed by atoms with Gasteiger partial charge in [0.05, 0.1) is 13.7 Å². The number of carbonyl (C=O) groups excluding carboxylic acids is 1. The van der Waals surface area contributed by atoms with Gasteiger partial charge in [0.1, 0.15) is 11.3 Å². The van der Waals surface area contributed by atoms with Crippen LogP contribution in [0.5, 0.6) is 17.2 Å². The minimum absolute atomic E-state index is 0.240. The van der Waals surface area contributed by atoms with Crippen LogP contribution in [0.15, 0.2) is 18.2 Å². The van der Waals surface area contributed by atoms with Crippen LogP contribution in [0.4, 0.5) is 0 Å². The van der Waals surface area contributed by atoms with Crippen molar-refractivity contribution in [2.24, 2.45) is 5.73 Å². The fraction of sp³-hybridized carbons (Fsp3) is 0.500. The second-order valence-electron chi connectivity index (χ2n) is 4.88. The Morgan fingerprint density at radius 3 is 2.90 bits per heavy atom. The molecule has 1 aliphatic heterocycles. The lowest BCUT2D eigenvalue weighted by molar-refractivity contribution is -0.146. The van der Waals surface area contributed by atoms with E-state index in [9.17, 15) is 4.79 Å². The van der Waals surface area contributed by atoms with Gasteiger partial charge in [-0.2, -0.15) is 0 Å². The fourth-order valence-electron chi connectivity index (χ4n) is 1.93. The second-order valence-corrected chi connectivity index (χ2v) is 4.88. The van der Waals surface area contributed by atoms with Gasteiger partial charge in [-0.15, -0.1) is 0 Å². The van der Waals surface area contributed by atoms with Crippen molar-refractivity contribution >= 4 is 5.97 Å². The third kappa shape index (κ3) is 3.33. The van der Waals surface area contributed by atoms with E-state index in [0.717, 1.165) is 5.75 Å². The first kappa shape index (κ1) is 14.5. The van der Waals surface area contributed by atoms with Gasteiger partial charge in [-0.3, -0.25) is 4.79 Å². The summed E-state index contributed by atoms with van der Waals surface area (Å²) in [5.41, 5.74) is 4.88. The third-order valence-corrected chi connectivity index (χ3v) is 3.10. The van der Waals surface area contributed by atoms with Gasteiger partial charge in [0.15, 0.2) is 11.5 Å². The second kappa shape index (κ2) is 6.00. The van der Waals surface area contributed by atoms with E-state index in [1.54, 1.807) is 19.1 Å². The molecule has 0 fully saturated rings. The van der Waals surface area contributed by atoms with Gasteiger partial charge >= 0.3 is 5.97 Å². The quantitative estimate of drug-likeness (QED) is 0.628. The molecule has 1 atom stereocenters. The monoisotopic (exact) mass is 281 g/mol. The number of hydrogen-bond donors (Lipinski definition) is 1. The maximum absolute atomic E-state index is 11.4. The predicted octanol–water partition coefficient (Wildman–Crippen LogP) is 1.46. The van der Waals surface area contributed by atoms with E-state index in [1.165, 1.54) is 7.11 Å². The van der Waals surface area contributed by atoms with Gasteiger partial charge in [0.25, 0.3) is 0 Å². The van der Waals surface area contributed by atoms with E-state index >= 15 is 0 Å². The number of methoxy groups -OCH3 is 1. The molecule has 0 amide bonds. The maximum Gasteiger partial charge on any atom is 0.325 e. The minimum Gasteiger partial charge on any atom is -0.493 e. The highest BCUT2D eigenvalue weighted by molar-refractivity contribution is 5.79. The number of carbonyl (C=O) groups is 1. The molecule has 1 aromatic carbocycles. The highest BCUT2D eigenvalue weighted by Gasteiger charge is 2.28. The van der Waals surface area contributed by atoms with Gasteiger partial charge in [-0.25, -0.2) is 0 Å². The lowest BCUT2D eigenvalue weighted by Gasteiger charge is -2.21. The maximum atomic E-state index is 11.4. The van der Waals surface area contributed by atoms with E-state index in [-0.39, 0.29) is 6.79 Å². The van der Waals surface area contributed by atoms with E-state index < -0.39 is 11.5 Å². The first-order chi connectivity index (χ1) is 9.53. The zero-order valence-corrected chi connectivity index (χ0v) is 11.7. The summed E-state index contributed by atoms with van der Waals surface area (Å²) in [5.74, 6) is 1.69. The summed E-state index contributed by atoms with van der Waals surface area (Å²) in [7, 11) is 1.33. The molecule has 0 saturated carbocycles. The molecule has 2 rings (SSSR count). The van der Waals surface area contributed by atoms with Crippen molar-refractivity contribution in [3.8, 4) is 17.2 Å². The van der Waals surface area contributed by atoms with Crippen LogP contribution in [0.2, 0.25) is 0 Å². The third-order valence-electron chi connectivity index (χ3n) is 3.10. The molecule has 1 heterocycles. The standard InChI is InChI=1S/C14H19NO5/c1-14(15,13(16)17-2)6-3-7-18-10-4-5-11-12(8-10)20-9-19-11/h4-5,8H,3,6-7,9,15H2,1-2H3. The summed E-state index contributed by atoms with van der Waals surface area (Å²) in [6, 6.07) is 5.40. The first-order valence-corrected chi connectivity index (χ1v) is 6.43. The van der Waals surface area contributed by atoms with Crippen molar-refractivity contribution in [1.82, 2.24) is 0 Å². The molecule has 1 aliphatic rings. The summed E-state index contributed by atoms with van der Waals surface area (Å²) in [4.78, 5) is 11.4. The molecule has 20 heavy (non-hydrogen) atoms. The zero-order valence-electron chi connectivity index (χ0n) is 11.7. The topological polar surface area (TPSA) is 80.0 Å². The van der Waals surface area contributed by atoms with Crippen LogP contribution in [0.3, 0.4) is 0 Å². The number of benzene rings is 1. The van der Waals surface area contributed by atoms with Crippen LogP contribution in [-0.2, 0) is 9.53 Å². The number of rotatable bonds is 6. The van der Waals surface area contributed by atoms with Crippen LogP contribution < -0.4 is 19.9 Å². The normalized spacial score (nSPS) is 15.6. The molecular weight excluding hydrogens is 262 g/mol. The number of nitrogens with two attached hydrogens (primary N) is 1. The van der Waals surface area contributed by atoms with E-state index in [2.05, 4.69) is 4.74 Å². The number of hydrogen-bond acceptors (Lipinski definition) is 6. The van der Waals surface area contributed by atoms with Gasteiger partial charge in [-0.1, -0.05) is 0 Å². The van der Waals surface area contributed by atoms with Gasteiger partial charge in [0.2, 0.25) is 6.79 Å². The van der Waals surface area contributed by atoms with Crippen molar-refractivity contribution in [3.05, 3.63) is 18.2 Å². The molecule has 0 saturated heterocycles. The van der Waals surface area contributed by atoms with Crippen LogP contribution in [0, 0.1) is 0 Å². The van der Waals surface area contributed by atoms with E-state index in [4.69, 9.17) is 19.9 Å². The molecule has 0 radical (unpaired) electrons. The van der Waals surface area contributed by atoms with Crippen molar-refractivity contribution in [2.45, 2.75) is 25.3 Å². The van der Waals surface area contributed by atoms with Crippen molar-refractivity contribution < 1.29 is 23.7 Å². The Balaban J connectivity index is 1.78. The molecule has 0 aromatic heterocycles. The Kier molecular flexibility index (Phi) is 4.34. The molecular formula is C14H19NO5. The molecule has 1 unspecified atom stereocenters. The zero-order chi connectivity index (χ0) is 14.6. The molecule has 2 N–H and O–H groups in total. The lowest BCUT2D eigenvalue weighted by atomic mass is 9.98. The summed E-state index contributed by atoms with van der Waals surface area (Å²) in [5, 5.41) is 0. The van der Waals surface area contributed by atoms with E-state index in [1.807, 2.05) is 6.07 Å². The Hall–Kier alpha value is -1.95. The Bertz CT molecular complexity index is 486. The van der Waals surface area contributed by atoms with E-state index in [0.29, 0.717) is 30.9 Å². The predicted molar refractivity (Wildman–Crippen MR) is 71.9 cm³/mol. The first-order valence-electron chi connectivity index (χ1n) is 6.43. The molecule has 0 bridgehead atoms. The number of ether oxygens (including phenoxy) is 4. The number of fused-ring (bicyclic) bond motifs is 1. The largest absolute Gasteiger partial charge is 0.493 e. The highest BCUT2D eigenvalue weighted by Crippen LogP contribution is 2.35. The summed E-state index contributed by atoms with van der Waals surface area (Å²) >= 11 is 0. The molecule has 1 aromatic rings. The average Bonchev–Trinajstić information content (AvgIpc) is 2.90. The Morgan fingerprint density at radius 2 is 2.15 bits per heavy atom. The summed E-state index contributed by atoms with van der Waals surface area (Å²) in [6.07, 6.45) is 1.14. The molecule has 6 nitrogen and oxygen atoms in total. The SMILES string of the molecule is COC(=O)C(C)(N)CCCOc1ccc2c(c1)OCO2. The van der Waals surface area contributed by atoms with Crippen molar-refractivity contribution in [1.29, 1.82) is 0 Å². The molecule has 110 valence electrons. The molecule has 6 heteroatoms. The average molecular weight is 281 g/mol. The van der Waals surface area contributed by atoms with Crippen molar-refractivity contribution in [3.63, 3.8) is 0 Å². The van der Waals surface area contributed by atoms with Crippen LogP contribution in [0.25, 0.3) is 0 Å². The summed E-state index contributed by atoms with van der Waals surface area (Å²) < 4.78 is 20.7. The minimum atomic E-state index is -0.979. The van der Waals surface area contributed by atoms with Gasteiger partial charge in [-0.05, 0) is 31.9 Å². The van der Waals surface area contributed by atoms with Crippen molar-refractivity contribution in [2.75, 3.05) is 20.5 Å². The Labute approximate surface area is 117 Å². The molecule has 0 spiro atoms. The van der Waals surface area contributed by atoms with Crippen LogP contribution >= 0.6 is 0 Å². The Morgan fingerprint density at radius 1 is 1.40 bits per heavy atom. The smallest absolute Gasteiger partial charge is 0.325 e. The lowest BCUT2D eigenvalue weighted by Crippen LogP contribution is -2.45.